The van der Waals surface area contributed by atoms with Gasteiger partial charge in [-0.25, -0.2) is 0 Å². The summed E-state index contributed by atoms with van der Waals surface area (Å²) >= 11 is 5.96. The fourth-order valence-corrected chi connectivity index (χ4v) is 5.92. The molecular formula is C32H36ClN3O4. The maximum absolute atomic E-state index is 13.7. The van der Waals surface area contributed by atoms with E-state index in [1.54, 1.807) is 23.9 Å². The van der Waals surface area contributed by atoms with E-state index in [1.807, 2.05) is 31.2 Å². The molecule has 2 aromatic carbocycles. The van der Waals surface area contributed by atoms with Crippen molar-refractivity contribution in [1.29, 1.82) is 0 Å². The van der Waals surface area contributed by atoms with Gasteiger partial charge >= 0.3 is 0 Å². The van der Waals surface area contributed by atoms with E-state index in [0.717, 1.165) is 62.9 Å². The number of aryl methyl sites for hydroxylation is 1. The first kappa shape index (κ1) is 28.4. The summed E-state index contributed by atoms with van der Waals surface area (Å²) in [5.41, 5.74) is 1.41. The Balaban J connectivity index is 1.54. The number of rotatable bonds is 5. The Bertz CT molecular complexity index is 1520. The summed E-state index contributed by atoms with van der Waals surface area (Å²) < 4.78 is 7.09. The lowest BCUT2D eigenvalue weighted by Crippen LogP contribution is -2.37. The molecule has 1 aliphatic heterocycles. The predicted molar refractivity (Wildman–Crippen MR) is 156 cm³/mol. The van der Waals surface area contributed by atoms with Crippen LogP contribution < -0.4 is 10.7 Å². The molecule has 2 atom stereocenters. The van der Waals surface area contributed by atoms with E-state index >= 15 is 0 Å². The number of carbonyl (C=O) groups is 1. The number of carbonyl (C=O) groups excluding carboxylic acids is 1. The number of halogens is 1. The van der Waals surface area contributed by atoms with Crippen LogP contribution in [0.4, 0.5) is 0 Å². The van der Waals surface area contributed by atoms with Crippen molar-refractivity contribution in [3.05, 3.63) is 74.0 Å². The van der Waals surface area contributed by atoms with Crippen LogP contribution in [0.1, 0.15) is 72.6 Å². The minimum Gasteiger partial charge on any atom is -0.381 e. The van der Waals surface area contributed by atoms with Crippen LogP contribution in [0.2, 0.25) is 5.02 Å². The molecular weight excluding hydrogens is 526 g/mol. The van der Waals surface area contributed by atoms with E-state index in [0.29, 0.717) is 33.8 Å². The third-order valence-corrected chi connectivity index (χ3v) is 8.58. The van der Waals surface area contributed by atoms with Gasteiger partial charge in [0.15, 0.2) is 5.69 Å². The van der Waals surface area contributed by atoms with Crippen LogP contribution in [-0.2, 0) is 24.8 Å². The topological polar surface area (TPSA) is 93.4 Å². The SMILES string of the molecule is CC1CCCCC1(O)C#Cc1cc(CC2CCOCC2)cc2c(=O)c(C(=O)NCc3ccc(Cl)cc3)nn(C)c12. The number of aliphatic hydroxyl groups is 1. The summed E-state index contributed by atoms with van der Waals surface area (Å²) in [6.45, 7) is 3.76. The van der Waals surface area contributed by atoms with Gasteiger partial charge in [-0.3, -0.25) is 14.3 Å². The zero-order chi connectivity index (χ0) is 28.3. The highest BCUT2D eigenvalue weighted by Crippen LogP contribution is 2.33. The molecule has 0 bridgehead atoms. The van der Waals surface area contributed by atoms with Crippen molar-refractivity contribution in [1.82, 2.24) is 15.1 Å². The summed E-state index contributed by atoms with van der Waals surface area (Å²) in [7, 11) is 1.72. The first-order valence-electron chi connectivity index (χ1n) is 14.1. The van der Waals surface area contributed by atoms with Gasteiger partial charge < -0.3 is 15.2 Å². The third kappa shape index (κ3) is 6.25. The fraction of sp³-hybridized carbons (Fsp3) is 0.469. The standard InChI is InChI=1S/C32H36ClN3O4/c1-21-5-3-4-13-32(21,39)14-10-25-18-24(17-22-11-15-40-16-12-22)19-27-29(25)36(2)35-28(30(27)37)31(38)34-20-23-6-8-26(33)9-7-23/h6-9,18-19,21-22,39H,3-5,11-13,15-17,20H2,1-2H3,(H,34,38). The summed E-state index contributed by atoms with van der Waals surface area (Å²) in [4.78, 5) is 26.8. The van der Waals surface area contributed by atoms with Gasteiger partial charge in [-0.2, -0.15) is 5.10 Å². The molecule has 2 aliphatic rings. The van der Waals surface area contributed by atoms with Gasteiger partial charge in [-0.15, -0.1) is 0 Å². The molecule has 1 amide bonds. The maximum atomic E-state index is 13.7. The third-order valence-electron chi connectivity index (χ3n) is 8.32. The lowest BCUT2D eigenvalue weighted by molar-refractivity contribution is 0.0126. The van der Waals surface area contributed by atoms with Crippen molar-refractivity contribution >= 4 is 28.4 Å². The van der Waals surface area contributed by atoms with Crippen molar-refractivity contribution < 1.29 is 14.6 Å². The number of nitrogens with zero attached hydrogens (tertiary/aromatic N) is 2. The second-order valence-corrected chi connectivity index (χ2v) is 11.7. The highest BCUT2D eigenvalue weighted by atomic mass is 35.5. The summed E-state index contributed by atoms with van der Waals surface area (Å²) in [5, 5.41) is 19.5. The Morgan fingerprint density at radius 2 is 1.93 bits per heavy atom. The van der Waals surface area contributed by atoms with Crippen molar-refractivity contribution in [3.63, 3.8) is 0 Å². The molecule has 8 heteroatoms. The Morgan fingerprint density at radius 3 is 2.65 bits per heavy atom. The Hall–Kier alpha value is -3.18. The van der Waals surface area contributed by atoms with Gasteiger partial charge in [-0.1, -0.05) is 48.9 Å². The number of hydrogen-bond acceptors (Lipinski definition) is 5. The zero-order valence-electron chi connectivity index (χ0n) is 23.1. The lowest BCUT2D eigenvalue weighted by Gasteiger charge is -2.33. The first-order valence-corrected chi connectivity index (χ1v) is 14.5. The van der Waals surface area contributed by atoms with Crippen LogP contribution in [0.3, 0.4) is 0 Å². The summed E-state index contributed by atoms with van der Waals surface area (Å²) in [6, 6.07) is 11.1. The molecule has 210 valence electrons. The second kappa shape index (κ2) is 12.1. The highest BCUT2D eigenvalue weighted by molar-refractivity contribution is 6.30. The van der Waals surface area contributed by atoms with Crippen molar-refractivity contribution in [2.24, 2.45) is 18.9 Å². The average Bonchev–Trinajstić information content (AvgIpc) is 2.95. The molecule has 1 saturated heterocycles. The molecule has 3 aromatic rings. The molecule has 0 spiro atoms. The number of ether oxygens (including phenoxy) is 1. The molecule has 2 heterocycles. The number of aromatic nitrogens is 2. The minimum absolute atomic E-state index is 0.0725. The minimum atomic E-state index is -1.06. The summed E-state index contributed by atoms with van der Waals surface area (Å²) in [6.07, 6.45) is 6.31. The first-order chi connectivity index (χ1) is 19.2. The smallest absolute Gasteiger partial charge is 0.276 e. The molecule has 40 heavy (non-hydrogen) atoms. The van der Waals surface area contributed by atoms with Gasteiger partial charge in [0.1, 0.15) is 5.60 Å². The van der Waals surface area contributed by atoms with E-state index in [4.69, 9.17) is 16.3 Å². The maximum Gasteiger partial charge on any atom is 0.276 e. The van der Waals surface area contributed by atoms with Crippen molar-refractivity contribution in [3.8, 4) is 11.8 Å². The molecule has 1 saturated carbocycles. The number of amides is 1. The molecule has 2 N–H and O–H groups in total. The van der Waals surface area contributed by atoms with Gasteiger partial charge in [-0.05, 0) is 85.8 Å². The molecule has 0 radical (unpaired) electrons. The van der Waals surface area contributed by atoms with Crippen LogP contribution in [-0.4, -0.2) is 39.6 Å². The van der Waals surface area contributed by atoms with E-state index in [-0.39, 0.29) is 18.2 Å². The molecule has 1 aromatic heterocycles. The molecule has 2 unspecified atom stereocenters. The van der Waals surface area contributed by atoms with Gasteiger partial charge in [0.05, 0.1) is 16.5 Å². The molecule has 1 aliphatic carbocycles. The van der Waals surface area contributed by atoms with Gasteiger partial charge in [0, 0.05) is 31.8 Å². The summed E-state index contributed by atoms with van der Waals surface area (Å²) in [5.74, 6) is 6.39. The van der Waals surface area contributed by atoms with Crippen LogP contribution >= 0.6 is 11.6 Å². The van der Waals surface area contributed by atoms with Gasteiger partial charge in [0.2, 0.25) is 5.43 Å². The van der Waals surface area contributed by atoms with Crippen molar-refractivity contribution in [2.75, 3.05) is 13.2 Å². The van der Waals surface area contributed by atoms with E-state index < -0.39 is 16.9 Å². The molecule has 2 fully saturated rings. The van der Waals surface area contributed by atoms with Gasteiger partial charge in [0.25, 0.3) is 5.91 Å². The monoisotopic (exact) mass is 561 g/mol. The molecule has 7 nitrogen and oxygen atoms in total. The Labute approximate surface area is 239 Å². The Morgan fingerprint density at radius 1 is 1.18 bits per heavy atom. The normalized spacial score (nSPS) is 21.6. The largest absolute Gasteiger partial charge is 0.381 e. The van der Waals surface area contributed by atoms with Crippen LogP contribution in [0, 0.1) is 23.7 Å². The number of hydrogen-bond donors (Lipinski definition) is 2. The van der Waals surface area contributed by atoms with E-state index in [2.05, 4.69) is 22.3 Å². The number of nitrogens with one attached hydrogen (secondary N) is 1. The van der Waals surface area contributed by atoms with Crippen LogP contribution in [0.25, 0.3) is 10.9 Å². The van der Waals surface area contributed by atoms with E-state index in [9.17, 15) is 14.7 Å². The average molecular weight is 562 g/mol. The van der Waals surface area contributed by atoms with Crippen LogP contribution in [0.15, 0.2) is 41.2 Å². The predicted octanol–water partition coefficient (Wildman–Crippen LogP) is 4.78. The van der Waals surface area contributed by atoms with Crippen molar-refractivity contribution in [2.45, 2.75) is 64.0 Å². The van der Waals surface area contributed by atoms with E-state index in [1.165, 1.54) is 0 Å². The Kier molecular flexibility index (Phi) is 8.60. The number of benzene rings is 2. The highest BCUT2D eigenvalue weighted by Gasteiger charge is 2.34. The quantitative estimate of drug-likeness (QED) is 0.437. The molecule has 5 rings (SSSR count). The fourth-order valence-electron chi connectivity index (χ4n) is 5.79. The van der Waals surface area contributed by atoms with Crippen LogP contribution in [0.5, 0.6) is 0 Å². The second-order valence-electron chi connectivity index (χ2n) is 11.2. The lowest BCUT2D eigenvalue weighted by atomic mass is 9.77. The number of fused-ring (bicyclic) bond motifs is 1. The zero-order valence-corrected chi connectivity index (χ0v) is 23.9.